The molecule has 34 heavy (non-hydrogen) atoms. The van der Waals surface area contributed by atoms with Crippen LogP contribution in [0.3, 0.4) is 0 Å². The van der Waals surface area contributed by atoms with Crippen LogP contribution in [0.2, 0.25) is 0 Å². The van der Waals surface area contributed by atoms with E-state index >= 15 is 0 Å². The monoisotopic (exact) mass is 471 g/mol. The maximum absolute atomic E-state index is 12.8. The Morgan fingerprint density at radius 2 is 1.91 bits per heavy atom. The summed E-state index contributed by atoms with van der Waals surface area (Å²) in [5, 5.41) is 7.46. The zero-order valence-electron chi connectivity index (χ0n) is 21.4. The Morgan fingerprint density at radius 1 is 1.21 bits per heavy atom. The smallest absolute Gasteiger partial charge is 0.322 e. The number of aromatic amines is 1. The standard InChI is InChI=1S/C24H37N7O3/c1-8-9-12-29-21-20(22(33)27-23(29)34)30(14-15(2)3)17(26-21)10-11-19(32)25-18-13-16(4)28-31(18)24(5,6)7/h13,15H,8-12,14H2,1-7H3,(H,25,32)(H,27,33,34). The molecule has 2 N–H and O–H groups in total. The van der Waals surface area contributed by atoms with Crippen LogP contribution >= 0.6 is 0 Å². The van der Waals surface area contributed by atoms with Crippen LogP contribution in [0, 0.1) is 12.8 Å². The molecule has 10 nitrogen and oxygen atoms in total. The van der Waals surface area contributed by atoms with Crippen LogP contribution in [-0.2, 0) is 29.8 Å². The number of carbonyl (C=O) groups excluding carboxylic acids is 1. The third kappa shape index (κ3) is 5.48. The fourth-order valence-electron chi connectivity index (χ4n) is 4.02. The second-order valence-corrected chi connectivity index (χ2v) is 10.3. The number of imidazole rings is 1. The van der Waals surface area contributed by atoms with Gasteiger partial charge < -0.3 is 9.88 Å². The Hall–Kier alpha value is -3.17. The van der Waals surface area contributed by atoms with Gasteiger partial charge in [0.05, 0.1) is 11.2 Å². The lowest BCUT2D eigenvalue weighted by molar-refractivity contribution is -0.116. The van der Waals surface area contributed by atoms with Gasteiger partial charge >= 0.3 is 5.69 Å². The molecule has 0 unspecified atom stereocenters. The second-order valence-electron chi connectivity index (χ2n) is 10.3. The number of anilines is 1. The molecule has 3 rings (SSSR count). The molecule has 0 saturated carbocycles. The van der Waals surface area contributed by atoms with Crippen LogP contribution < -0.4 is 16.6 Å². The predicted octanol–water partition coefficient (Wildman–Crippen LogP) is 3.17. The van der Waals surface area contributed by atoms with Crippen LogP contribution in [-0.4, -0.2) is 34.8 Å². The first-order valence-electron chi connectivity index (χ1n) is 12.0. The number of nitrogens with one attached hydrogen (secondary N) is 2. The minimum Gasteiger partial charge on any atom is -0.322 e. The van der Waals surface area contributed by atoms with E-state index in [-0.39, 0.29) is 23.8 Å². The van der Waals surface area contributed by atoms with E-state index in [1.807, 2.05) is 45.3 Å². The number of fused-ring (bicyclic) bond motifs is 1. The summed E-state index contributed by atoms with van der Waals surface area (Å²) in [7, 11) is 0. The first-order valence-corrected chi connectivity index (χ1v) is 12.0. The predicted molar refractivity (Wildman–Crippen MR) is 133 cm³/mol. The van der Waals surface area contributed by atoms with Crippen molar-refractivity contribution in [3.8, 4) is 0 Å². The van der Waals surface area contributed by atoms with Gasteiger partial charge in [0.1, 0.15) is 11.6 Å². The zero-order chi connectivity index (χ0) is 25.2. The van der Waals surface area contributed by atoms with Crippen molar-refractivity contribution in [2.24, 2.45) is 5.92 Å². The molecular formula is C24H37N7O3. The summed E-state index contributed by atoms with van der Waals surface area (Å²) in [6.07, 6.45) is 2.25. The highest BCUT2D eigenvalue weighted by atomic mass is 16.2. The average molecular weight is 472 g/mol. The van der Waals surface area contributed by atoms with Crippen LogP contribution in [0.5, 0.6) is 0 Å². The van der Waals surface area contributed by atoms with Crippen molar-refractivity contribution in [2.45, 2.75) is 92.8 Å². The van der Waals surface area contributed by atoms with Gasteiger partial charge in [0.2, 0.25) is 5.91 Å². The number of unbranched alkanes of at least 4 members (excludes halogenated alkanes) is 1. The Labute approximate surface area is 199 Å². The van der Waals surface area contributed by atoms with E-state index in [1.54, 1.807) is 4.68 Å². The topological polar surface area (TPSA) is 120 Å². The SMILES string of the molecule is CCCCn1c(=O)[nH]c(=O)c2c1nc(CCC(=O)Nc1cc(C)nn1C(C)(C)C)n2CC(C)C. The number of rotatable bonds is 9. The molecule has 0 aliphatic heterocycles. The lowest BCUT2D eigenvalue weighted by Gasteiger charge is -2.22. The minimum atomic E-state index is -0.449. The molecule has 0 aliphatic rings. The summed E-state index contributed by atoms with van der Waals surface area (Å²) in [4.78, 5) is 45.2. The lowest BCUT2D eigenvalue weighted by Crippen LogP contribution is -2.31. The Morgan fingerprint density at radius 3 is 2.53 bits per heavy atom. The zero-order valence-corrected chi connectivity index (χ0v) is 21.4. The summed E-state index contributed by atoms with van der Waals surface area (Å²) >= 11 is 0. The van der Waals surface area contributed by atoms with E-state index < -0.39 is 11.2 Å². The number of nitrogens with zero attached hydrogens (tertiary/aromatic N) is 5. The van der Waals surface area contributed by atoms with E-state index in [0.29, 0.717) is 42.3 Å². The van der Waals surface area contributed by atoms with E-state index in [0.717, 1.165) is 18.5 Å². The Bertz CT molecular complexity index is 1280. The number of amides is 1. The van der Waals surface area contributed by atoms with Crippen molar-refractivity contribution in [3.63, 3.8) is 0 Å². The molecular weight excluding hydrogens is 434 g/mol. The molecule has 3 aromatic heterocycles. The molecule has 3 aromatic rings. The number of hydrogen-bond acceptors (Lipinski definition) is 5. The molecule has 0 saturated heterocycles. The molecule has 0 spiro atoms. The highest BCUT2D eigenvalue weighted by Crippen LogP contribution is 2.22. The van der Waals surface area contributed by atoms with Crippen molar-refractivity contribution < 1.29 is 4.79 Å². The van der Waals surface area contributed by atoms with Crippen molar-refractivity contribution in [2.75, 3.05) is 5.32 Å². The number of H-pyrrole nitrogens is 1. The summed E-state index contributed by atoms with van der Waals surface area (Å²) < 4.78 is 5.20. The number of hydrogen-bond donors (Lipinski definition) is 2. The normalized spacial score (nSPS) is 12.1. The molecule has 3 heterocycles. The Kier molecular flexibility index (Phi) is 7.48. The van der Waals surface area contributed by atoms with Crippen LogP contribution in [0.15, 0.2) is 15.7 Å². The highest BCUT2D eigenvalue weighted by Gasteiger charge is 2.22. The van der Waals surface area contributed by atoms with Gasteiger partial charge in [0.15, 0.2) is 11.2 Å². The van der Waals surface area contributed by atoms with Gasteiger partial charge in [-0.25, -0.2) is 14.5 Å². The first kappa shape index (κ1) is 25.5. The third-order valence-electron chi connectivity index (χ3n) is 5.56. The molecule has 0 bridgehead atoms. The van der Waals surface area contributed by atoms with Crippen LogP contribution in [0.1, 0.15) is 72.3 Å². The van der Waals surface area contributed by atoms with Crippen molar-refractivity contribution in [3.05, 3.63) is 38.4 Å². The molecule has 0 fully saturated rings. The number of aryl methyl sites for hydroxylation is 3. The van der Waals surface area contributed by atoms with Crippen molar-refractivity contribution in [1.29, 1.82) is 0 Å². The van der Waals surface area contributed by atoms with Crippen LogP contribution in [0.25, 0.3) is 11.2 Å². The van der Waals surface area contributed by atoms with E-state index in [1.165, 1.54) is 4.57 Å². The largest absolute Gasteiger partial charge is 0.330 e. The molecule has 1 amide bonds. The van der Waals surface area contributed by atoms with E-state index in [9.17, 15) is 14.4 Å². The molecule has 10 heteroatoms. The lowest BCUT2D eigenvalue weighted by atomic mass is 10.1. The number of aromatic nitrogens is 6. The summed E-state index contributed by atoms with van der Waals surface area (Å²) in [5.74, 6) is 1.37. The van der Waals surface area contributed by atoms with Gasteiger partial charge in [0, 0.05) is 32.0 Å². The van der Waals surface area contributed by atoms with Gasteiger partial charge in [-0.1, -0.05) is 27.2 Å². The molecule has 0 aliphatic carbocycles. The van der Waals surface area contributed by atoms with Gasteiger partial charge in [-0.05, 0) is 40.0 Å². The van der Waals surface area contributed by atoms with E-state index in [2.05, 4.69) is 34.2 Å². The minimum absolute atomic E-state index is 0.161. The maximum atomic E-state index is 12.8. The summed E-state index contributed by atoms with van der Waals surface area (Å²) in [6.45, 7) is 15.2. The average Bonchev–Trinajstić information content (AvgIpc) is 3.26. The second kappa shape index (κ2) is 9.99. The highest BCUT2D eigenvalue weighted by molar-refractivity contribution is 5.90. The number of carbonyl (C=O) groups is 1. The third-order valence-corrected chi connectivity index (χ3v) is 5.56. The van der Waals surface area contributed by atoms with Crippen molar-refractivity contribution in [1.82, 2.24) is 28.9 Å². The van der Waals surface area contributed by atoms with Crippen molar-refractivity contribution >= 4 is 22.9 Å². The van der Waals surface area contributed by atoms with Gasteiger partial charge in [0.25, 0.3) is 5.56 Å². The molecule has 0 aromatic carbocycles. The summed E-state index contributed by atoms with van der Waals surface area (Å²) in [5.41, 5.74) is 0.441. The maximum Gasteiger partial charge on any atom is 0.330 e. The van der Waals surface area contributed by atoms with Gasteiger partial charge in [-0.2, -0.15) is 5.10 Å². The van der Waals surface area contributed by atoms with E-state index in [4.69, 9.17) is 0 Å². The van der Waals surface area contributed by atoms with Crippen LogP contribution in [0.4, 0.5) is 5.82 Å². The molecule has 0 atom stereocenters. The first-order chi connectivity index (χ1) is 15.9. The molecule has 0 radical (unpaired) electrons. The summed E-state index contributed by atoms with van der Waals surface area (Å²) in [6, 6.07) is 1.85. The fourth-order valence-corrected chi connectivity index (χ4v) is 4.02. The van der Waals surface area contributed by atoms with Gasteiger partial charge in [-0.15, -0.1) is 0 Å². The quantitative estimate of drug-likeness (QED) is 0.497. The molecule has 186 valence electrons. The fraction of sp³-hybridized carbons (Fsp3) is 0.625. The van der Waals surface area contributed by atoms with Gasteiger partial charge in [-0.3, -0.25) is 19.1 Å². The Balaban J connectivity index is 1.92.